The topological polar surface area (TPSA) is 38.8 Å². The summed E-state index contributed by atoms with van der Waals surface area (Å²) < 4.78 is 10.5. The van der Waals surface area contributed by atoms with Crippen molar-refractivity contribution in [1.29, 1.82) is 0 Å². The lowest BCUT2D eigenvalue weighted by Gasteiger charge is -2.21. The number of methoxy groups -OCH3 is 1. The number of amides is 1. The number of anilines is 1. The summed E-state index contributed by atoms with van der Waals surface area (Å²) >= 11 is 0. The van der Waals surface area contributed by atoms with E-state index in [1.807, 2.05) is 69.3 Å². The van der Waals surface area contributed by atoms with Crippen LogP contribution in [0.15, 0.2) is 85.0 Å². The molecule has 0 N–H and O–H groups in total. The quantitative estimate of drug-likeness (QED) is 0.213. The molecule has 0 atom stereocenters. The fraction of sp³-hybridized carbons (Fsp3) is 0.400. The molecule has 0 bridgehead atoms. The Balaban J connectivity index is 0.000000743. The first-order valence-electron chi connectivity index (χ1n) is 13.8. The summed E-state index contributed by atoms with van der Waals surface area (Å²) in [4.78, 5) is 14.5. The third-order valence-corrected chi connectivity index (χ3v) is 5.85. The largest absolute Gasteiger partial charge is 0.496 e. The molecule has 4 nitrogen and oxygen atoms in total. The van der Waals surface area contributed by atoms with Crippen LogP contribution in [-0.2, 0) is 11.2 Å². The highest BCUT2D eigenvalue weighted by Gasteiger charge is 2.17. The van der Waals surface area contributed by atoms with Crippen molar-refractivity contribution in [2.24, 2.45) is 0 Å². The zero-order chi connectivity index (χ0) is 29.8. The fourth-order valence-electron chi connectivity index (χ4n) is 3.37. The number of carbonyl (C=O) groups excluding carboxylic acids is 1. The van der Waals surface area contributed by atoms with Gasteiger partial charge in [-0.05, 0) is 81.9 Å². The molecule has 0 aliphatic rings. The van der Waals surface area contributed by atoms with Crippen molar-refractivity contribution >= 4 is 17.2 Å². The number of hydrogen-bond donors (Lipinski definition) is 0. The maximum Gasteiger partial charge on any atom is 0.258 e. The zero-order valence-corrected chi connectivity index (χ0v) is 25.9. The SMILES string of the molecule is C=C(C)/C(C)=C\C=C/C.C=C(C)c1ccccc1N(C)C(=O)c1ccc(CC)c(OC)c1.CCCOCCC. The molecular formula is C35H51NO3. The Labute approximate surface area is 238 Å². The van der Waals surface area contributed by atoms with Gasteiger partial charge in [0, 0.05) is 31.4 Å². The average molecular weight is 534 g/mol. The van der Waals surface area contributed by atoms with Gasteiger partial charge in [0.1, 0.15) is 5.75 Å². The van der Waals surface area contributed by atoms with Crippen LogP contribution in [0.5, 0.6) is 5.75 Å². The molecule has 0 saturated heterocycles. The van der Waals surface area contributed by atoms with Crippen LogP contribution in [0, 0.1) is 0 Å². The molecule has 39 heavy (non-hydrogen) atoms. The summed E-state index contributed by atoms with van der Waals surface area (Å²) in [7, 11) is 3.41. The molecule has 0 unspecified atom stereocenters. The summed E-state index contributed by atoms with van der Waals surface area (Å²) in [6.07, 6.45) is 9.23. The Hall–Kier alpha value is -3.37. The lowest BCUT2D eigenvalue weighted by Crippen LogP contribution is -2.27. The number of carbonyl (C=O) groups is 1. The van der Waals surface area contributed by atoms with Crippen LogP contribution in [0.2, 0.25) is 0 Å². The Morgan fingerprint density at radius 2 is 1.59 bits per heavy atom. The van der Waals surface area contributed by atoms with E-state index in [1.165, 1.54) is 5.57 Å². The molecule has 1 amide bonds. The van der Waals surface area contributed by atoms with Crippen molar-refractivity contribution in [3.05, 3.63) is 102 Å². The van der Waals surface area contributed by atoms with Crippen LogP contribution in [-0.4, -0.2) is 33.3 Å². The van der Waals surface area contributed by atoms with Crippen LogP contribution in [0.4, 0.5) is 5.69 Å². The third-order valence-electron chi connectivity index (χ3n) is 5.85. The van der Waals surface area contributed by atoms with E-state index in [1.54, 1.807) is 25.1 Å². The normalized spacial score (nSPS) is 10.6. The van der Waals surface area contributed by atoms with E-state index >= 15 is 0 Å². The maximum atomic E-state index is 12.8. The molecule has 0 spiro atoms. The van der Waals surface area contributed by atoms with Crippen molar-refractivity contribution in [1.82, 2.24) is 0 Å². The monoisotopic (exact) mass is 533 g/mol. The van der Waals surface area contributed by atoms with Crippen molar-refractivity contribution in [3.8, 4) is 5.75 Å². The van der Waals surface area contributed by atoms with Crippen molar-refractivity contribution in [2.45, 2.75) is 67.7 Å². The second-order valence-electron chi connectivity index (χ2n) is 9.31. The number of aryl methyl sites for hydroxylation is 1. The minimum Gasteiger partial charge on any atom is -0.496 e. The maximum absolute atomic E-state index is 12.8. The van der Waals surface area contributed by atoms with E-state index < -0.39 is 0 Å². The third kappa shape index (κ3) is 13.3. The van der Waals surface area contributed by atoms with Crippen LogP contribution in [0.1, 0.15) is 82.8 Å². The summed E-state index contributed by atoms with van der Waals surface area (Å²) in [5.74, 6) is 0.680. The molecule has 4 heteroatoms. The van der Waals surface area contributed by atoms with E-state index in [4.69, 9.17) is 9.47 Å². The highest BCUT2D eigenvalue weighted by atomic mass is 16.5. The number of allylic oxidation sites excluding steroid dienone is 6. The lowest BCUT2D eigenvalue weighted by atomic mass is 10.0. The number of hydrogen-bond acceptors (Lipinski definition) is 3. The minimum atomic E-state index is -0.0698. The lowest BCUT2D eigenvalue weighted by molar-refractivity contribution is 0.0992. The number of rotatable bonds is 11. The first-order chi connectivity index (χ1) is 18.6. The number of para-hydroxylation sites is 1. The van der Waals surface area contributed by atoms with E-state index in [2.05, 4.69) is 46.9 Å². The summed E-state index contributed by atoms with van der Waals surface area (Å²) in [6.45, 7) is 24.0. The molecule has 0 aromatic heterocycles. The van der Waals surface area contributed by atoms with Crippen LogP contribution in [0.25, 0.3) is 5.57 Å². The fourth-order valence-corrected chi connectivity index (χ4v) is 3.37. The van der Waals surface area contributed by atoms with E-state index in [-0.39, 0.29) is 5.91 Å². The molecule has 2 aromatic carbocycles. The van der Waals surface area contributed by atoms with Gasteiger partial charge in [-0.1, -0.05) is 82.0 Å². The first-order valence-corrected chi connectivity index (χ1v) is 13.8. The van der Waals surface area contributed by atoms with Gasteiger partial charge in [-0.15, -0.1) is 0 Å². The van der Waals surface area contributed by atoms with Crippen molar-refractivity contribution in [2.75, 3.05) is 32.3 Å². The van der Waals surface area contributed by atoms with Gasteiger partial charge in [0.2, 0.25) is 0 Å². The Kier molecular flexibility index (Phi) is 18.8. The van der Waals surface area contributed by atoms with Crippen LogP contribution in [0.3, 0.4) is 0 Å². The Bertz CT molecular complexity index is 1090. The second kappa shape index (κ2) is 20.6. The molecule has 214 valence electrons. The molecule has 0 saturated carbocycles. The highest BCUT2D eigenvalue weighted by Crippen LogP contribution is 2.27. The molecule has 0 aliphatic carbocycles. The van der Waals surface area contributed by atoms with Gasteiger partial charge in [0.05, 0.1) is 12.8 Å². The van der Waals surface area contributed by atoms with E-state index in [9.17, 15) is 4.79 Å². The van der Waals surface area contributed by atoms with Gasteiger partial charge < -0.3 is 14.4 Å². The smallest absolute Gasteiger partial charge is 0.258 e. The standard InChI is InChI=1S/C20H23NO2.C9H14.C6H14O/c1-6-15-11-12-16(13-19(15)23-5)20(22)21(4)18-10-8-7-9-17(18)14(2)3;1-5-6-7-9(4)8(2)3;1-3-5-7-6-4-2/h7-13H,2,6H2,1,3-5H3;5-7H,2H2,1,3-4H3;3-6H2,1-2H3/b;6-5-,9-7-;. The Morgan fingerprint density at radius 1 is 0.974 bits per heavy atom. The second-order valence-corrected chi connectivity index (χ2v) is 9.31. The predicted molar refractivity (Wildman–Crippen MR) is 171 cm³/mol. The van der Waals surface area contributed by atoms with E-state index in [0.29, 0.717) is 5.56 Å². The van der Waals surface area contributed by atoms with Crippen molar-refractivity contribution in [3.63, 3.8) is 0 Å². The number of nitrogens with zero attached hydrogens (tertiary/aromatic N) is 1. The molecule has 2 rings (SSSR count). The molecular weight excluding hydrogens is 482 g/mol. The molecule has 0 fully saturated rings. The highest BCUT2D eigenvalue weighted by molar-refractivity contribution is 6.07. The van der Waals surface area contributed by atoms with Crippen molar-refractivity contribution < 1.29 is 14.3 Å². The van der Waals surface area contributed by atoms with Gasteiger partial charge >= 0.3 is 0 Å². The molecule has 0 radical (unpaired) electrons. The summed E-state index contributed by atoms with van der Waals surface area (Å²) in [6, 6.07) is 13.4. The Morgan fingerprint density at radius 3 is 2.08 bits per heavy atom. The zero-order valence-electron chi connectivity index (χ0n) is 25.9. The van der Waals surface area contributed by atoms with Gasteiger partial charge in [-0.25, -0.2) is 0 Å². The van der Waals surface area contributed by atoms with Gasteiger partial charge in [0.25, 0.3) is 5.91 Å². The molecule has 0 heterocycles. The van der Waals surface area contributed by atoms with Gasteiger partial charge in [0.15, 0.2) is 0 Å². The molecule has 2 aromatic rings. The summed E-state index contributed by atoms with van der Waals surface area (Å²) in [5.41, 5.74) is 6.83. The average Bonchev–Trinajstić information content (AvgIpc) is 2.95. The van der Waals surface area contributed by atoms with Gasteiger partial charge in [-0.2, -0.15) is 0 Å². The van der Waals surface area contributed by atoms with Crippen LogP contribution < -0.4 is 9.64 Å². The minimum absolute atomic E-state index is 0.0698. The van der Waals surface area contributed by atoms with E-state index in [0.717, 1.165) is 66.2 Å². The number of ether oxygens (including phenoxy) is 2. The number of benzene rings is 2. The van der Waals surface area contributed by atoms with Gasteiger partial charge in [-0.3, -0.25) is 4.79 Å². The van der Waals surface area contributed by atoms with Crippen LogP contribution >= 0.6 is 0 Å². The molecule has 0 aliphatic heterocycles. The predicted octanol–water partition coefficient (Wildman–Crippen LogP) is 9.48. The first kappa shape index (κ1) is 35.6. The summed E-state index contributed by atoms with van der Waals surface area (Å²) in [5, 5.41) is 0.